The van der Waals surface area contributed by atoms with E-state index in [9.17, 15) is 22.8 Å². The first-order valence-electron chi connectivity index (χ1n) is 6.16. The first-order valence-corrected chi connectivity index (χ1v) is 6.95. The molecular weight excluding hydrogens is 353 g/mol. The SMILES string of the molecule is O=C(CCc1ccccc1Br)NCCNC(=O)C(F)(F)F. The maximum Gasteiger partial charge on any atom is 0.471 e. The molecule has 8 heteroatoms. The van der Waals surface area contributed by atoms with Gasteiger partial charge >= 0.3 is 12.1 Å². The van der Waals surface area contributed by atoms with Gasteiger partial charge < -0.3 is 10.6 Å². The van der Waals surface area contributed by atoms with Crippen molar-refractivity contribution in [1.29, 1.82) is 0 Å². The van der Waals surface area contributed by atoms with Gasteiger partial charge in [0.25, 0.3) is 0 Å². The van der Waals surface area contributed by atoms with E-state index in [4.69, 9.17) is 0 Å². The van der Waals surface area contributed by atoms with Crippen molar-refractivity contribution in [3.05, 3.63) is 34.3 Å². The number of hydrogen-bond acceptors (Lipinski definition) is 2. The molecule has 0 atom stereocenters. The van der Waals surface area contributed by atoms with Crippen LogP contribution in [-0.2, 0) is 16.0 Å². The van der Waals surface area contributed by atoms with Crippen LogP contribution in [0.25, 0.3) is 0 Å². The number of aryl methyl sites for hydroxylation is 1. The Hall–Kier alpha value is -1.57. The van der Waals surface area contributed by atoms with Gasteiger partial charge in [-0.3, -0.25) is 9.59 Å². The summed E-state index contributed by atoms with van der Waals surface area (Å²) in [5, 5.41) is 4.12. The van der Waals surface area contributed by atoms with Gasteiger partial charge in [0.2, 0.25) is 5.91 Å². The van der Waals surface area contributed by atoms with Gasteiger partial charge in [0.05, 0.1) is 0 Å². The lowest BCUT2D eigenvalue weighted by Gasteiger charge is -2.09. The molecule has 4 nitrogen and oxygen atoms in total. The van der Waals surface area contributed by atoms with Crippen molar-refractivity contribution in [3.8, 4) is 0 Å². The number of benzene rings is 1. The number of alkyl halides is 3. The highest BCUT2D eigenvalue weighted by atomic mass is 79.9. The Balaban J connectivity index is 2.21. The van der Waals surface area contributed by atoms with Gasteiger partial charge in [-0.25, -0.2) is 0 Å². The van der Waals surface area contributed by atoms with E-state index < -0.39 is 12.1 Å². The molecule has 0 heterocycles. The van der Waals surface area contributed by atoms with Crippen LogP contribution >= 0.6 is 15.9 Å². The molecule has 0 bridgehead atoms. The molecule has 1 aromatic carbocycles. The molecule has 0 aliphatic heterocycles. The maximum absolute atomic E-state index is 11.9. The van der Waals surface area contributed by atoms with Crippen LogP contribution in [0.1, 0.15) is 12.0 Å². The van der Waals surface area contributed by atoms with Crippen molar-refractivity contribution in [3.63, 3.8) is 0 Å². The molecule has 0 saturated heterocycles. The fraction of sp³-hybridized carbons (Fsp3) is 0.385. The monoisotopic (exact) mass is 366 g/mol. The summed E-state index contributed by atoms with van der Waals surface area (Å²) in [6.45, 7) is -0.310. The summed E-state index contributed by atoms with van der Waals surface area (Å²) in [6, 6.07) is 7.45. The second-order valence-corrected chi connectivity index (χ2v) is 5.05. The zero-order valence-corrected chi connectivity index (χ0v) is 12.6. The highest BCUT2D eigenvalue weighted by Crippen LogP contribution is 2.17. The van der Waals surface area contributed by atoms with Gasteiger partial charge in [0, 0.05) is 24.0 Å². The van der Waals surface area contributed by atoms with Crippen LogP contribution in [0.4, 0.5) is 13.2 Å². The summed E-state index contributed by atoms with van der Waals surface area (Å²) in [7, 11) is 0. The highest BCUT2D eigenvalue weighted by molar-refractivity contribution is 9.10. The summed E-state index contributed by atoms with van der Waals surface area (Å²) in [5.41, 5.74) is 0.970. The van der Waals surface area contributed by atoms with E-state index in [1.54, 1.807) is 5.32 Å². The van der Waals surface area contributed by atoms with Crippen LogP contribution in [0.2, 0.25) is 0 Å². The lowest BCUT2D eigenvalue weighted by Crippen LogP contribution is -2.41. The average Bonchev–Trinajstić information content (AvgIpc) is 2.41. The molecule has 0 saturated carbocycles. The third kappa shape index (κ3) is 6.61. The summed E-state index contributed by atoms with van der Waals surface area (Å²) < 4.78 is 36.5. The van der Waals surface area contributed by atoms with Crippen LogP contribution in [0.15, 0.2) is 28.7 Å². The summed E-state index contributed by atoms with van der Waals surface area (Å²) in [5.74, 6) is -2.29. The van der Waals surface area contributed by atoms with Gasteiger partial charge in [-0.1, -0.05) is 34.1 Å². The molecule has 0 radical (unpaired) electrons. The molecule has 21 heavy (non-hydrogen) atoms. The smallest absolute Gasteiger partial charge is 0.354 e. The van der Waals surface area contributed by atoms with Crippen molar-refractivity contribution < 1.29 is 22.8 Å². The lowest BCUT2D eigenvalue weighted by molar-refractivity contribution is -0.173. The zero-order chi connectivity index (χ0) is 15.9. The fourth-order valence-electron chi connectivity index (χ4n) is 1.52. The first kappa shape index (κ1) is 17.5. The van der Waals surface area contributed by atoms with Crippen molar-refractivity contribution in [1.82, 2.24) is 10.6 Å². The molecule has 2 amide bonds. The zero-order valence-electron chi connectivity index (χ0n) is 11.0. The Kier molecular flexibility index (Phi) is 6.67. The van der Waals surface area contributed by atoms with E-state index in [1.807, 2.05) is 24.3 Å². The van der Waals surface area contributed by atoms with Crippen molar-refractivity contribution in [2.75, 3.05) is 13.1 Å². The van der Waals surface area contributed by atoms with E-state index in [-0.39, 0.29) is 25.4 Å². The molecule has 0 fully saturated rings. The first-order chi connectivity index (χ1) is 9.80. The van der Waals surface area contributed by atoms with Crippen LogP contribution in [0.5, 0.6) is 0 Å². The van der Waals surface area contributed by atoms with Crippen molar-refractivity contribution >= 4 is 27.7 Å². The third-order valence-electron chi connectivity index (χ3n) is 2.57. The predicted octanol–water partition coefficient (Wildman–Crippen LogP) is 2.18. The van der Waals surface area contributed by atoms with Crippen LogP contribution < -0.4 is 10.6 Å². The predicted molar refractivity (Wildman–Crippen MR) is 74.5 cm³/mol. The lowest BCUT2D eigenvalue weighted by atomic mass is 10.1. The van der Waals surface area contributed by atoms with E-state index in [0.717, 1.165) is 10.0 Å². The van der Waals surface area contributed by atoms with E-state index >= 15 is 0 Å². The van der Waals surface area contributed by atoms with E-state index in [0.29, 0.717) is 6.42 Å². The molecule has 0 unspecified atom stereocenters. The largest absolute Gasteiger partial charge is 0.471 e. The fourth-order valence-corrected chi connectivity index (χ4v) is 2.00. The standard InChI is InChI=1S/C13H14BrF3N2O2/c14-10-4-2-1-3-9(10)5-6-11(20)18-7-8-19-12(21)13(15,16)17/h1-4H,5-8H2,(H,18,20)(H,19,21). The minimum Gasteiger partial charge on any atom is -0.354 e. The molecule has 0 spiro atoms. The number of hydrogen-bond donors (Lipinski definition) is 2. The molecule has 0 aliphatic rings. The van der Waals surface area contributed by atoms with Crippen LogP contribution in [-0.4, -0.2) is 31.1 Å². The molecule has 116 valence electrons. The topological polar surface area (TPSA) is 58.2 Å². The van der Waals surface area contributed by atoms with Gasteiger partial charge in [0.15, 0.2) is 0 Å². The second-order valence-electron chi connectivity index (χ2n) is 4.20. The average molecular weight is 367 g/mol. The summed E-state index contributed by atoms with van der Waals surface area (Å²) >= 11 is 3.36. The van der Waals surface area contributed by atoms with Crippen LogP contribution in [0, 0.1) is 0 Å². The summed E-state index contributed by atoms with van der Waals surface area (Å²) in [6.07, 6.45) is -4.17. The molecule has 1 rings (SSSR count). The Morgan fingerprint density at radius 2 is 1.71 bits per heavy atom. The summed E-state index contributed by atoms with van der Waals surface area (Å²) in [4.78, 5) is 22.0. The second kappa shape index (κ2) is 8.02. The van der Waals surface area contributed by atoms with Crippen molar-refractivity contribution in [2.45, 2.75) is 19.0 Å². The Morgan fingerprint density at radius 1 is 1.10 bits per heavy atom. The van der Waals surface area contributed by atoms with E-state index in [2.05, 4.69) is 21.2 Å². The Morgan fingerprint density at radius 3 is 2.33 bits per heavy atom. The quantitative estimate of drug-likeness (QED) is 0.758. The highest BCUT2D eigenvalue weighted by Gasteiger charge is 2.38. The normalized spacial score (nSPS) is 11.0. The Labute approximate surface area is 128 Å². The van der Waals surface area contributed by atoms with Gasteiger partial charge in [0.1, 0.15) is 0 Å². The van der Waals surface area contributed by atoms with Gasteiger partial charge in [-0.05, 0) is 18.1 Å². The maximum atomic E-state index is 11.9. The number of amides is 2. The molecule has 0 aliphatic carbocycles. The number of rotatable bonds is 6. The van der Waals surface area contributed by atoms with Crippen LogP contribution in [0.3, 0.4) is 0 Å². The van der Waals surface area contributed by atoms with Gasteiger partial charge in [-0.2, -0.15) is 13.2 Å². The molecular formula is C13H14BrF3N2O2. The third-order valence-corrected chi connectivity index (χ3v) is 3.34. The molecule has 0 aromatic heterocycles. The van der Waals surface area contributed by atoms with E-state index in [1.165, 1.54) is 0 Å². The number of nitrogens with one attached hydrogen (secondary N) is 2. The molecule has 1 aromatic rings. The van der Waals surface area contributed by atoms with Gasteiger partial charge in [-0.15, -0.1) is 0 Å². The molecule has 2 N–H and O–H groups in total. The number of halogens is 4. The minimum atomic E-state index is -4.90. The minimum absolute atomic E-state index is 0.0450. The Bertz CT molecular complexity index is 506. The van der Waals surface area contributed by atoms with Crippen molar-refractivity contribution in [2.24, 2.45) is 0 Å². The number of carbonyl (C=O) groups excluding carboxylic acids is 2. The number of carbonyl (C=O) groups is 2.